The molecule has 0 aromatic heterocycles. The molecule has 0 radical (unpaired) electrons. The normalized spacial score (nSPS) is 59.1. The molecule has 8 aliphatic carbocycles. The number of aliphatic hydroxyl groups excluding tert-OH is 2. The van der Waals surface area contributed by atoms with E-state index in [-0.39, 0.29) is 31.2 Å². The molecule has 10 fully saturated rings. The van der Waals surface area contributed by atoms with Crippen molar-refractivity contribution in [3.63, 3.8) is 0 Å². The molecule has 374 valence electrons. The summed E-state index contributed by atoms with van der Waals surface area (Å²) >= 11 is 0. The van der Waals surface area contributed by atoms with E-state index in [0.717, 1.165) is 0 Å². The number of epoxide rings is 2. The molecule has 4 saturated heterocycles. The molecule has 23 atom stereocenters. The fourth-order valence-electron chi connectivity index (χ4n) is 16.8. The van der Waals surface area contributed by atoms with Gasteiger partial charge in [-0.05, 0) is 65.5 Å². The van der Waals surface area contributed by atoms with Crippen molar-refractivity contribution >= 4 is 11.6 Å². The second kappa shape index (κ2) is 12.9. The van der Waals surface area contributed by atoms with E-state index >= 15 is 0 Å². The Labute approximate surface area is 392 Å². The molecule has 16 nitrogen and oxygen atoms in total. The molecule has 0 aromatic rings. The van der Waals surface area contributed by atoms with Crippen LogP contribution in [0.1, 0.15) is 104 Å². The highest BCUT2D eigenvalue weighted by molar-refractivity contribution is 6.06. The van der Waals surface area contributed by atoms with E-state index in [1.807, 2.05) is 27.7 Å². The van der Waals surface area contributed by atoms with Crippen molar-refractivity contribution < 1.29 is 78.5 Å². The SMILES string of the molecule is CC1=C[C@@H]2[C@@](O)(C1=O)[C@@H]1OC(C)(C)OC[C@@]13O[C@H]3[C@H]1[C@@H]3C(C)(C)[C@]3(O)[C@H](O)[C@@H](C)[C@@]12O.CC1=C[C@@H]2[C@@](O)(C1=O)[C@@H]1OC(C)(C)OC[C@@]13O[C@H]3[C@H]1[C@@H]3C(C)(C)[C@]3(OC(C)C(C)C)[C@H](O)[C@@H](C)[C@@]12O. The Morgan fingerprint density at radius 2 is 1.01 bits per heavy atom. The van der Waals surface area contributed by atoms with Crippen molar-refractivity contribution in [1.82, 2.24) is 0 Å². The minimum absolute atomic E-state index is 0.103. The van der Waals surface area contributed by atoms with Crippen LogP contribution in [0, 0.1) is 64.1 Å². The molecule has 0 amide bonds. The average molecular weight is 943 g/mol. The van der Waals surface area contributed by atoms with Crippen molar-refractivity contribution in [1.29, 1.82) is 0 Å². The number of rotatable bonds is 3. The van der Waals surface area contributed by atoms with Crippen LogP contribution in [0.3, 0.4) is 0 Å². The van der Waals surface area contributed by atoms with E-state index in [1.54, 1.807) is 60.6 Å². The Morgan fingerprint density at radius 3 is 1.43 bits per heavy atom. The molecule has 0 aromatic carbocycles. The van der Waals surface area contributed by atoms with Gasteiger partial charge in [0, 0.05) is 58.2 Å². The molecule has 16 heteroatoms. The third-order valence-electron chi connectivity index (χ3n) is 21.0. The van der Waals surface area contributed by atoms with Crippen LogP contribution in [-0.4, -0.2) is 160 Å². The summed E-state index contributed by atoms with van der Waals surface area (Å²) in [6.07, 6.45) is -2.16. The Balaban J connectivity index is 0.000000149. The summed E-state index contributed by atoms with van der Waals surface area (Å²) in [7, 11) is 0. The molecule has 2 spiro atoms. The lowest BCUT2D eigenvalue weighted by atomic mass is 9.58. The third kappa shape index (κ3) is 5.00. The van der Waals surface area contributed by atoms with Crippen molar-refractivity contribution in [3.05, 3.63) is 23.3 Å². The minimum atomic E-state index is -2.06. The van der Waals surface area contributed by atoms with Gasteiger partial charge >= 0.3 is 0 Å². The summed E-state index contributed by atoms with van der Waals surface area (Å²) in [6.45, 7) is 28.1. The molecular formula is C51H74O16. The highest BCUT2D eigenvalue weighted by atomic mass is 16.8. The van der Waals surface area contributed by atoms with Gasteiger partial charge in [-0.15, -0.1) is 0 Å². The van der Waals surface area contributed by atoms with Crippen LogP contribution in [0.25, 0.3) is 0 Å². The highest BCUT2D eigenvalue weighted by Gasteiger charge is 2.94. The molecule has 6 saturated carbocycles. The smallest absolute Gasteiger partial charge is 0.193 e. The Kier molecular flexibility index (Phi) is 9.15. The summed E-state index contributed by atoms with van der Waals surface area (Å²) in [6, 6.07) is 0. The van der Waals surface area contributed by atoms with Gasteiger partial charge in [0.1, 0.15) is 34.6 Å². The highest BCUT2D eigenvalue weighted by Crippen LogP contribution is 2.81. The number of hydrogen-bond donors (Lipinski definition) is 7. The Morgan fingerprint density at radius 1 is 0.612 bits per heavy atom. The first kappa shape index (κ1) is 47.6. The molecule has 0 bridgehead atoms. The number of aliphatic hydroxyl groups is 7. The lowest BCUT2D eigenvalue weighted by Crippen LogP contribution is -2.70. The maximum Gasteiger partial charge on any atom is 0.193 e. The fourth-order valence-corrected chi connectivity index (χ4v) is 16.8. The Bertz CT molecular complexity index is 2310. The second-order valence-corrected chi connectivity index (χ2v) is 25.7. The molecule has 1 unspecified atom stereocenters. The van der Waals surface area contributed by atoms with Gasteiger partial charge in [-0.2, -0.15) is 0 Å². The first-order valence-electron chi connectivity index (χ1n) is 24.7. The van der Waals surface area contributed by atoms with Crippen molar-refractivity contribution in [3.8, 4) is 0 Å². The van der Waals surface area contributed by atoms with Gasteiger partial charge in [0.15, 0.2) is 34.3 Å². The largest absolute Gasteiger partial charge is 0.390 e. The first-order valence-corrected chi connectivity index (χ1v) is 24.7. The molecule has 67 heavy (non-hydrogen) atoms. The van der Waals surface area contributed by atoms with Gasteiger partial charge in [0.25, 0.3) is 0 Å². The zero-order valence-electron chi connectivity index (χ0n) is 41.6. The molecular weight excluding hydrogens is 869 g/mol. The number of fused-ring (bicyclic) bond motifs is 14. The van der Waals surface area contributed by atoms with Crippen molar-refractivity contribution in [2.75, 3.05) is 13.2 Å². The van der Waals surface area contributed by atoms with Gasteiger partial charge in [-0.3, -0.25) is 9.59 Å². The predicted molar refractivity (Wildman–Crippen MR) is 234 cm³/mol. The molecule has 7 N–H and O–H groups in total. The number of carbonyl (C=O) groups excluding carboxylic acids is 2. The number of hydrogen-bond acceptors (Lipinski definition) is 16. The third-order valence-corrected chi connectivity index (χ3v) is 21.0. The van der Waals surface area contributed by atoms with Crippen LogP contribution in [0.5, 0.6) is 0 Å². The van der Waals surface area contributed by atoms with Gasteiger partial charge in [0.05, 0.1) is 54.9 Å². The quantitative estimate of drug-likeness (QED) is 0.200. The molecule has 12 aliphatic rings. The van der Waals surface area contributed by atoms with E-state index < -0.39 is 157 Å². The maximum atomic E-state index is 13.7. The predicted octanol–water partition coefficient (Wildman–Crippen LogP) is 1.89. The van der Waals surface area contributed by atoms with E-state index in [2.05, 4.69) is 27.7 Å². The average Bonchev–Trinajstić information content (AvgIpc) is 4.21. The van der Waals surface area contributed by atoms with E-state index in [1.165, 1.54) is 0 Å². The van der Waals surface area contributed by atoms with E-state index in [0.29, 0.717) is 11.1 Å². The lowest BCUT2D eigenvalue weighted by molar-refractivity contribution is -0.330. The van der Waals surface area contributed by atoms with Gasteiger partial charge in [0.2, 0.25) is 0 Å². The van der Waals surface area contributed by atoms with Gasteiger partial charge in [-0.1, -0.05) is 67.5 Å². The molecule has 12 rings (SSSR count). The Hall–Kier alpha value is -1.74. The topological polar surface area (TPSA) is 247 Å². The van der Waals surface area contributed by atoms with E-state index in [9.17, 15) is 45.3 Å². The van der Waals surface area contributed by atoms with Crippen LogP contribution >= 0.6 is 0 Å². The summed E-state index contributed by atoms with van der Waals surface area (Å²) in [4.78, 5) is 27.1. The van der Waals surface area contributed by atoms with Crippen LogP contribution in [0.15, 0.2) is 23.3 Å². The summed E-state index contributed by atoms with van der Waals surface area (Å²) < 4.78 is 43.8. The summed E-state index contributed by atoms with van der Waals surface area (Å²) in [5, 5.41) is 84.1. The van der Waals surface area contributed by atoms with Crippen molar-refractivity contribution in [2.24, 2.45) is 64.1 Å². The zero-order chi connectivity index (χ0) is 49.3. The van der Waals surface area contributed by atoms with Crippen LogP contribution in [-0.2, 0) is 42.7 Å². The minimum Gasteiger partial charge on any atom is -0.390 e. The standard InChI is InChI=1S/C28H42O8.C23H32O8/c1-12(2)15(5)34-28-18(23(28,6)7)17-21-25(35-21)11-33-24(8,9)36-22(25)27(32)16(10-13(3)19(27)29)26(17,31)14(4)20(28)30;1-9-7-11-21(26)10(2)15(25)23(28)13(18(23,3)4)12(21)16-20(30-16)8-29-19(5,6)31-17(20)22(11,27)14(9)24/h10,12,14-18,20-22,30-32H,11H2,1-9H3;7,10-13,15-17,25-28H,8H2,1-6H3/t14-,15?,16+,17-,18-,20-,21+,22-,25+,26+,27-,28-;10-,11+,12-,13-,15-,16+,17-,20+,21+,22-,23-/m11/s1. The van der Waals surface area contributed by atoms with Gasteiger partial charge in [-0.25, -0.2) is 0 Å². The van der Waals surface area contributed by atoms with Crippen LogP contribution in [0.2, 0.25) is 0 Å². The second-order valence-electron chi connectivity index (χ2n) is 25.7. The fraction of sp³-hybridized carbons (Fsp3) is 0.882. The monoisotopic (exact) mass is 942 g/mol. The number of carbonyl (C=O) groups is 2. The zero-order valence-corrected chi connectivity index (χ0v) is 41.6. The molecule has 4 aliphatic heterocycles. The molecule has 4 heterocycles. The first-order chi connectivity index (χ1) is 30.6. The summed E-state index contributed by atoms with van der Waals surface area (Å²) in [5.74, 6) is -8.14. The van der Waals surface area contributed by atoms with Gasteiger partial charge < -0.3 is 68.9 Å². The van der Waals surface area contributed by atoms with Crippen LogP contribution in [0.4, 0.5) is 0 Å². The lowest BCUT2D eigenvalue weighted by Gasteiger charge is -2.54. The number of Topliss-reactive ketones (excluding diaryl/α,β-unsaturated/α-hetero) is 2. The number of ketones is 2. The number of ether oxygens (including phenoxy) is 7. The summed E-state index contributed by atoms with van der Waals surface area (Å²) in [5.41, 5.74) is -12.3. The maximum absolute atomic E-state index is 13.7. The van der Waals surface area contributed by atoms with Crippen molar-refractivity contribution in [2.45, 2.75) is 203 Å². The van der Waals surface area contributed by atoms with Crippen LogP contribution < -0.4 is 0 Å². The van der Waals surface area contributed by atoms with E-state index in [4.69, 9.17) is 33.2 Å².